The predicted molar refractivity (Wildman–Crippen MR) is 286 cm³/mol. The van der Waals surface area contributed by atoms with Gasteiger partial charge >= 0.3 is 0 Å². The maximum Gasteiger partial charge on any atom is 0.183 e. The molecule has 1 N–H and O–H groups in total. The first-order valence-corrected chi connectivity index (χ1v) is 23.6. The summed E-state index contributed by atoms with van der Waals surface area (Å²) in [5, 5.41) is 8.76. The highest BCUT2D eigenvalue weighted by atomic mass is 35.5. The molecule has 0 aliphatic carbocycles. The van der Waals surface area contributed by atoms with E-state index in [4.69, 9.17) is 45.1 Å². The van der Waals surface area contributed by atoms with Crippen molar-refractivity contribution in [3.05, 3.63) is 190 Å². The number of alkyl halides is 1. The standard InChI is InChI=1S/C18H22O2.C11H16O2.C10H14O2.C9H12.C7H8O.C3H7ClO.CH4/c1-3-16-7-11-18(12-8-16)20-14-4-13-19-17-9-5-15(2)6-10-17;1-3-10-4-6-11(7-5-10)13-9-8-12-2;1-8-4-6-9(7-5-8)10(11-2)12-3;1-3-9-6-4-8(2)5-7-9;1-6-2-4-7(8)5-3-6;1-5-3-2-4;/h5-12H,3-4,13-14H2,1-2H3;4-7H,3,8-9H2,1-2H3;4-7,10H,1-3H3;4-7H,3H2,1-2H3;2-5,8H,1H3;2-3H2,1H3;1H4. The van der Waals surface area contributed by atoms with E-state index in [1.54, 1.807) is 40.6 Å². The molecule has 68 heavy (non-hydrogen) atoms. The van der Waals surface area contributed by atoms with Gasteiger partial charge in [0.15, 0.2) is 6.29 Å². The molecule has 8 nitrogen and oxygen atoms in total. The van der Waals surface area contributed by atoms with Crippen LogP contribution in [0.4, 0.5) is 0 Å². The van der Waals surface area contributed by atoms with Crippen molar-refractivity contribution >= 4 is 11.6 Å². The zero-order chi connectivity index (χ0) is 49.5. The van der Waals surface area contributed by atoms with Gasteiger partial charge in [-0.25, -0.2) is 0 Å². The van der Waals surface area contributed by atoms with Crippen LogP contribution >= 0.6 is 11.6 Å². The molecule has 0 aliphatic rings. The Labute approximate surface area is 416 Å². The van der Waals surface area contributed by atoms with E-state index < -0.39 is 0 Å². The molecule has 0 saturated heterocycles. The van der Waals surface area contributed by atoms with Gasteiger partial charge in [0, 0.05) is 46.3 Å². The maximum absolute atomic E-state index is 8.76. The fourth-order valence-electron chi connectivity index (χ4n) is 5.50. The fraction of sp³-hybridized carbons (Fsp3) is 0.390. The molecule has 0 spiro atoms. The molecule has 0 atom stereocenters. The first-order chi connectivity index (χ1) is 32.4. The SMILES string of the molecule is C.CCc1ccc(C)cc1.CCc1ccc(OCCCOc2ccc(C)cc2)cc1.CCc1ccc(OCCOC)cc1.COC(OC)c1ccc(C)cc1.COCCCl.Cc1ccc(O)cc1. The zero-order valence-electron chi connectivity index (χ0n) is 42.2. The number of halogens is 1. The summed E-state index contributed by atoms with van der Waals surface area (Å²) >= 11 is 5.18. The first kappa shape index (κ1) is 62.7. The highest BCUT2D eigenvalue weighted by Gasteiger charge is 2.06. The third-order valence-corrected chi connectivity index (χ3v) is 9.84. The van der Waals surface area contributed by atoms with E-state index in [-0.39, 0.29) is 13.7 Å². The van der Waals surface area contributed by atoms with Crippen molar-refractivity contribution in [2.24, 2.45) is 0 Å². The van der Waals surface area contributed by atoms with Crippen molar-refractivity contribution in [1.82, 2.24) is 0 Å². The van der Waals surface area contributed by atoms with Gasteiger partial charge in [0.2, 0.25) is 0 Å². The van der Waals surface area contributed by atoms with E-state index in [0.717, 1.165) is 48.5 Å². The second kappa shape index (κ2) is 40.7. The number of aryl methyl sites for hydroxylation is 7. The summed E-state index contributed by atoms with van der Waals surface area (Å²) in [6, 6.07) is 48.4. The van der Waals surface area contributed by atoms with E-state index in [1.165, 1.54) is 38.9 Å². The van der Waals surface area contributed by atoms with E-state index >= 15 is 0 Å². The number of methoxy groups -OCH3 is 4. The van der Waals surface area contributed by atoms with E-state index in [2.05, 4.69) is 107 Å². The van der Waals surface area contributed by atoms with Crippen molar-refractivity contribution < 1.29 is 38.3 Å². The predicted octanol–water partition coefficient (Wildman–Crippen LogP) is 14.7. The summed E-state index contributed by atoms with van der Waals surface area (Å²) in [6.07, 6.45) is 3.90. The Morgan fingerprint density at radius 2 is 0.721 bits per heavy atom. The Hall–Kier alpha value is -5.35. The quantitative estimate of drug-likeness (QED) is 0.0518. The molecule has 0 heterocycles. The molecular formula is C59H83ClO8. The molecule has 0 amide bonds. The molecule has 0 fully saturated rings. The number of aromatic hydroxyl groups is 1. The van der Waals surface area contributed by atoms with Crippen LogP contribution in [-0.2, 0) is 38.2 Å². The molecule has 0 bridgehead atoms. The molecule has 0 radical (unpaired) electrons. The van der Waals surface area contributed by atoms with Gasteiger partial charge in [-0.2, -0.15) is 0 Å². The van der Waals surface area contributed by atoms with Crippen molar-refractivity contribution in [2.75, 3.05) is 67.4 Å². The van der Waals surface area contributed by atoms with Gasteiger partial charge in [0.1, 0.15) is 29.6 Å². The van der Waals surface area contributed by atoms with Gasteiger partial charge in [0.25, 0.3) is 0 Å². The van der Waals surface area contributed by atoms with Gasteiger partial charge in [0.05, 0.1) is 26.4 Å². The number of hydrogen-bond acceptors (Lipinski definition) is 8. The zero-order valence-corrected chi connectivity index (χ0v) is 42.9. The van der Waals surface area contributed by atoms with Gasteiger partial charge < -0.3 is 38.3 Å². The van der Waals surface area contributed by atoms with Gasteiger partial charge in [-0.1, -0.05) is 148 Å². The number of ether oxygens (including phenoxy) is 7. The molecule has 6 rings (SSSR count). The van der Waals surface area contributed by atoms with Crippen LogP contribution in [0, 0.1) is 27.7 Å². The van der Waals surface area contributed by atoms with Crippen LogP contribution in [0.15, 0.2) is 146 Å². The molecule has 6 aromatic rings. The molecule has 0 saturated carbocycles. The molecular weight excluding hydrogens is 872 g/mol. The smallest absolute Gasteiger partial charge is 0.183 e. The summed E-state index contributed by atoms with van der Waals surface area (Å²) in [7, 11) is 6.56. The Kier molecular flexibility index (Phi) is 37.5. The molecule has 0 aromatic heterocycles. The lowest BCUT2D eigenvalue weighted by Crippen LogP contribution is -2.05. The summed E-state index contributed by atoms with van der Waals surface area (Å²) in [5.74, 6) is 3.68. The van der Waals surface area contributed by atoms with Gasteiger partial charge in [-0.3, -0.25) is 0 Å². The van der Waals surface area contributed by atoms with Crippen LogP contribution in [0.5, 0.6) is 23.0 Å². The van der Waals surface area contributed by atoms with Crippen LogP contribution in [-0.4, -0.2) is 72.5 Å². The Balaban J connectivity index is 0.000000829. The minimum atomic E-state index is -0.245. The first-order valence-electron chi connectivity index (χ1n) is 23.0. The Morgan fingerprint density at radius 1 is 0.412 bits per heavy atom. The van der Waals surface area contributed by atoms with E-state index in [9.17, 15) is 0 Å². The summed E-state index contributed by atoms with van der Waals surface area (Å²) in [5.41, 5.74) is 10.1. The van der Waals surface area contributed by atoms with Crippen LogP contribution < -0.4 is 14.2 Å². The lowest BCUT2D eigenvalue weighted by molar-refractivity contribution is -0.106. The van der Waals surface area contributed by atoms with Crippen LogP contribution in [0.2, 0.25) is 0 Å². The highest BCUT2D eigenvalue weighted by molar-refractivity contribution is 6.17. The average molecular weight is 956 g/mol. The second-order valence-corrected chi connectivity index (χ2v) is 15.6. The number of phenols is 1. The van der Waals surface area contributed by atoms with Crippen molar-refractivity contribution in [2.45, 2.75) is 87.9 Å². The molecule has 0 aliphatic heterocycles. The monoisotopic (exact) mass is 955 g/mol. The Morgan fingerprint density at radius 3 is 1.03 bits per heavy atom. The van der Waals surface area contributed by atoms with Crippen molar-refractivity contribution in [3.8, 4) is 23.0 Å². The fourth-order valence-corrected chi connectivity index (χ4v) is 5.65. The lowest BCUT2D eigenvalue weighted by Gasteiger charge is -2.13. The van der Waals surface area contributed by atoms with Crippen LogP contribution in [0.3, 0.4) is 0 Å². The lowest BCUT2D eigenvalue weighted by atomic mass is 10.1. The molecule has 0 unspecified atom stereocenters. The number of phenolic OH excluding ortho intramolecular Hbond substituents is 1. The summed E-state index contributed by atoms with van der Waals surface area (Å²) in [6.45, 7) is 17.9. The van der Waals surface area contributed by atoms with E-state index in [0.29, 0.717) is 44.7 Å². The highest BCUT2D eigenvalue weighted by Crippen LogP contribution is 2.18. The third-order valence-electron chi connectivity index (χ3n) is 9.69. The Bertz CT molecular complexity index is 1990. The largest absolute Gasteiger partial charge is 0.508 e. The molecule has 374 valence electrons. The minimum absolute atomic E-state index is 0. The van der Waals surface area contributed by atoms with Gasteiger partial charge in [-0.05, 0) is 112 Å². The van der Waals surface area contributed by atoms with Crippen molar-refractivity contribution in [1.29, 1.82) is 0 Å². The van der Waals surface area contributed by atoms with Crippen molar-refractivity contribution in [3.63, 3.8) is 0 Å². The normalized spacial score (nSPS) is 9.78. The topological polar surface area (TPSA) is 84.8 Å². The number of hydrogen-bond donors (Lipinski definition) is 1. The average Bonchev–Trinajstić information content (AvgIpc) is 3.36. The second-order valence-electron chi connectivity index (χ2n) is 15.3. The number of benzene rings is 6. The third kappa shape index (κ3) is 30.8. The van der Waals surface area contributed by atoms with E-state index in [1.807, 2.05) is 79.7 Å². The molecule has 9 heteroatoms. The van der Waals surface area contributed by atoms with Crippen LogP contribution in [0.1, 0.15) is 85.4 Å². The number of rotatable bonds is 18. The summed E-state index contributed by atoms with van der Waals surface area (Å²) < 4.78 is 36.4. The maximum atomic E-state index is 8.76. The molecule has 6 aromatic carbocycles. The summed E-state index contributed by atoms with van der Waals surface area (Å²) in [4.78, 5) is 0. The van der Waals surface area contributed by atoms with Gasteiger partial charge in [-0.15, -0.1) is 11.6 Å². The van der Waals surface area contributed by atoms with Crippen LogP contribution in [0.25, 0.3) is 0 Å². The minimum Gasteiger partial charge on any atom is -0.508 e.